The van der Waals surface area contributed by atoms with Gasteiger partial charge in [0.25, 0.3) is 5.91 Å². The molecule has 0 radical (unpaired) electrons. The smallest absolute Gasteiger partial charge is 0.257 e. The van der Waals surface area contributed by atoms with Gasteiger partial charge in [0.1, 0.15) is 5.76 Å². The first kappa shape index (κ1) is 22.0. The van der Waals surface area contributed by atoms with Gasteiger partial charge in [0.2, 0.25) is 11.6 Å². The third kappa shape index (κ3) is 3.49. The van der Waals surface area contributed by atoms with Crippen LogP contribution in [0.25, 0.3) is 5.76 Å². The molecule has 168 valence electrons. The molecule has 0 saturated heterocycles. The number of hydrogen-bond acceptors (Lipinski definition) is 5. The van der Waals surface area contributed by atoms with E-state index in [9.17, 15) is 19.5 Å². The van der Waals surface area contributed by atoms with Gasteiger partial charge in [-0.15, -0.1) is 0 Å². The lowest BCUT2D eigenvalue weighted by Crippen LogP contribution is -2.36. The molecule has 1 N–H and O–H groups in total. The number of nitrogens with zero attached hydrogens (tertiary/aromatic N) is 2. The van der Waals surface area contributed by atoms with E-state index in [1.807, 2.05) is 18.2 Å². The Labute approximate surface area is 204 Å². The predicted octanol–water partition coefficient (Wildman–Crippen LogP) is 5.31. The second-order valence-electron chi connectivity index (χ2n) is 8.20. The lowest BCUT2D eigenvalue weighted by atomic mass is 9.72. The van der Waals surface area contributed by atoms with Gasteiger partial charge >= 0.3 is 0 Å². The Morgan fingerprint density at radius 2 is 1.47 bits per heavy atom. The molecule has 1 amide bonds. The summed E-state index contributed by atoms with van der Waals surface area (Å²) in [6.45, 7) is 1.72. The molecule has 2 unspecified atom stereocenters. The Balaban J connectivity index is 1.70. The Bertz CT molecular complexity index is 1390. The topological polar surface area (TPSA) is 87.0 Å². The molecule has 0 saturated carbocycles. The van der Waals surface area contributed by atoms with E-state index in [-0.39, 0.29) is 28.4 Å². The first-order valence-electron chi connectivity index (χ1n) is 10.7. The summed E-state index contributed by atoms with van der Waals surface area (Å²) in [5, 5.41) is 17.0. The minimum atomic E-state index is -0.900. The van der Waals surface area contributed by atoms with Gasteiger partial charge in [0, 0.05) is 27.2 Å². The summed E-state index contributed by atoms with van der Waals surface area (Å²) < 4.78 is 0.818. The number of amides is 1. The highest BCUT2D eigenvalue weighted by atomic mass is 79.9. The van der Waals surface area contributed by atoms with Gasteiger partial charge in [0.05, 0.1) is 17.2 Å². The predicted molar refractivity (Wildman–Crippen MR) is 133 cm³/mol. The van der Waals surface area contributed by atoms with Gasteiger partial charge in [-0.2, -0.15) is 5.10 Å². The molecule has 6 nitrogen and oxygen atoms in total. The molecule has 1 heterocycles. The number of anilines is 1. The van der Waals surface area contributed by atoms with Crippen molar-refractivity contribution >= 4 is 50.6 Å². The number of halogens is 1. The molecule has 1 aliphatic heterocycles. The normalized spacial score (nSPS) is 18.8. The zero-order valence-electron chi connectivity index (χ0n) is 18.1. The standard InChI is InChI=1S/C27H19BrN2O4/c1-15-21(27(34)30(29-15)18-7-3-2-4-8-18)22(16-11-13-17(28)14-12-16)23-24(31)19-9-5-6-10-20(19)25(32)26(23)33/h2-14,21-22,31H,1H3. The van der Waals surface area contributed by atoms with Gasteiger partial charge in [0.15, 0.2) is 0 Å². The Morgan fingerprint density at radius 1 is 0.853 bits per heavy atom. The van der Waals surface area contributed by atoms with Gasteiger partial charge in [-0.1, -0.05) is 70.5 Å². The lowest BCUT2D eigenvalue weighted by Gasteiger charge is -2.29. The van der Waals surface area contributed by atoms with E-state index in [2.05, 4.69) is 21.0 Å². The summed E-state index contributed by atoms with van der Waals surface area (Å²) in [5.74, 6) is -3.92. The van der Waals surface area contributed by atoms with Crippen LogP contribution in [0.1, 0.15) is 34.3 Å². The number of aliphatic hydroxyl groups excluding tert-OH is 1. The van der Waals surface area contributed by atoms with Crippen molar-refractivity contribution in [1.82, 2.24) is 0 Å². The number of aliphatic hydroxyl groups is 1. The van der Waals surface area contributed by atoms with E-state index in [4.69, 9.17) is 0 Å². The lowest BCUT2D eigenvalue weighted by molar-refractivity contribution is -0.120. The van der Waals surface area contributed by atoms with Crippen LogP contribution in [0.3, 0.4) is 0 Å². The molecular formula is C27H19BrN2O4. The fraction of sp³-hybridized carbons (Fsp3) is 0.111. The summed E-state index contributed by atoms with van der Waals surface area (Å²) in [7, 11) is 0. The van der Waals surface area contributed by atoms with Crippen molar-refractivity contribution in [2.75, 3.05) is 5.01 Å². The highest BCUT2D eigenvalue weighted by Crippen LogP contribution is 2.43. The second kappa shape index (κ2) is 8.50. The summed E-state index contributed by atoms with van der Waals surface area (Å²) in [6, 6.07) is 22.6. The fourth-order valence-corrected chi connectivity index (χ4v) is 4.85. The minimum absolute atomic E-state index is 0.0890. The molecule has 5 rings (SSSR count). The van der Waals surface area contributed by atoms with E-state index >= 15 is 0 Å². The molecule has 0 fully saturated rings. The van der Waals surface area contributed by atoms with Crippen LogP contribution in [-0.2, 0) is 9.59 Å². The average Bonchev–Trinajstić information content (AvgIpc) is 3.15. The SMILES string of the molecule is CC1=NN(c2ccccc2)C(=O)C1C(C1=C(O)c2ccccc2C(=O)C1=O)c1ccc(Br)cc1. The molecular weight excluding hydrogens is 496 g/mol. The first-order valence-corrected chi connectivity index (χ1v) is 11.5. The van der Waals surface area contributed by atoms with Crippen molar-refractivity contribution in [1.29, 1.82) is 0 Å². The van der Waals surface area contributed by atoms with Crippen LogP contribution in [0.4, 0.5) is 5.69 Å². The van der Waals surface area contributed by atoms with Gasteiger partial charge in [-0.05, 0) is 36.8 Å². The summed E-state index contributed by atoms with van der Waals surface area (Å²) in [4.78, 5) is 40.0. The number of ketones is 2. The number of fused-ring (bicyclic) bond motifs is 1. The molecule has 34 heavy (non-hydrogen) atoms. The fourth-order valence-electron chi connectivity index (χ4n) is 4.59. The number of Topliss-reactive ketones (excluding diaryl/α,β-unsaturated/α-hetero) is 2. The Morgan fingerprint density at radius 3 is 2.15 bits per heavy atom. The van der Waals surface area contributed by atoms with Crippen LogP contribution < -0.4 is 5.01 Å². The molecule has 7 heteroatoms. The zero-order valence-corrected chi connectivity index (χ0v) is 19.7. The number of rotatable bonds is 4. The second-order valence-corrected chi connectivity index (χ2v) is 9.12. The summed E-state index contributed by atoms with van der Waals surface area (Å²) in [6.07, 6.45) is 0. The van der Waals surface area contributed by atoms with Crippen LogP contribution in [0, 0.1) is 5.92 Å². The number of para-hydroxylation sites is 1. The van der Waals surface area contributed by atoms with Crippen molar-refractivity contribution in [3.8, 4) is 0 Å². The highest BCUT2D eigenvalue weighted by molar-refractivity contribution is 9.10. The number of benzene rings is 3. The molecule has 0 spiro atoms. The monoisotopic (exact) mass is 514 g/mol. The van der Waals surface area contributed by atoms with Crippen molar-refractivity contribution < 1.29 is 19.5 Å². The molecule has 1 aliphatic carbocycles. The minimum Gasteiger partial charge on any atom is -0.507 e. The Hall–Kier alpha value is -3.84. The quantitative estimate of drug-likeness (QED) is 0.478. The van der Waals surface area contributed by atoms with Gasteiger partial charge in [-0.25, -0.2) is 5.01 Å². The van der Waals surface area contributed by atoms with Crippen LogP contribution in [-0.4, -0.2) is 28.3 Å². The molecule has 0 bridgehead atoms. The number of hydrazone groups is 1. The van der Waals surface area contributed by atoms with E-state index in [1.54, 1.807) is 61.5 Å². The first-order chi connectivity index (χ1) is 16.4. The van der Waals surface area contributed by atoms with Crippen molar-refractivity contribution in [3.05, 3.63) is 106 Å². The molecule has 0 aromatic heterocycles. The average molecular weight is 515 g/mol. The number of carbonyl (C=O) groups excluding carboxylic acids is 3. The molecule has 3 aromatic carbocycles. The highest BCUT2D eigenvalue weighted by Gasteiger charge is 2.47. The van der Waals surface area contributed by atoms with E-state index in [0.29, 0.717) is 17.0 Å². The Kier molecular flexibility index (Phi) is 5.49. The van der Waals surface area contributed by atoms with E-state index in [0.717, 1.165) is 4.47 Å². The van der Waals surface area contributed by atoms with Crippen molar-refractivity contribution in [2.24, 2.45) is 11.0 Å². The van der Waals surface area contributed by atoms with Gasteiger partial charge < -0.3 is 5.11 Å². The van der Waals surface area contributed by atoms with E-state index in [1.165, 1.54) is 11.1 Å². The largest absolute Gasteiger partial charge is 0.507 e. The van der Waals surface area contributed by atoms with Crippen LogP contribution in [0.15, 0.2) is 94.0 Å². The molecule has 2 atom stereocenters. The van der Waals surface area contributed by atoms with Gasteiger partial charge in [-0.3, -0.25) is 14.4 Å². The van der Waals surface area contributed by atoms with E-state index < -0.39 is 23.4 Å². The zero-order chi connectivity index (χ0) is 24.0. The summed E-state index contributed by atoms with van der Waals surface area (Å²) in [5.41, 5.74) is 2.04. The molecule has 3 aromatic rings. The summed E-state index contributed by atoms with van der Waals surface area (Å²) >= 11 is 3.41. The third-order valence-electron chi connectivity index (χ3n) is 6.19. The van der Waals surface area contributed by atoms with Crippen LogP contribution in [0.5, 0.6) is 0 Å². The number of hydrogen-bond donors (Lipinski definition) is 1. The van der Waals surface area contributed by atoms with Crippen LogP contribution in [0.2, 0.25) is 0 Å². The maximum Gasteiger partial charge on any atom is 0.257 e. The molecule has 2 aliphatic rings. The van der Waals surface area contributed by atoms with Crippen molar-refractivity contribution in [3.63, 3.8) is 0 Å². The number of allylic oxidation sites excluding steroid dienone is 1. The third-order valence-corrected chi connectivity index (χ3v) is 6.72. The number of carbonyl (C=O) groups is 3. The van der Waals surface area contributed by atoms with Crippen molar-refractivity contribution in [2.45, 2.75) is 12.8 Å². The maximum atomic E-state index is 13.7. The van der Waals surface area contributed by atoms with Crippen LogP contribution >= 0.6 is 15.9 Å². The maximum absolute atomic E-state index is 13.7.